The van der Waals surface area contributed by atoms with Crippen LogP contribution in [0.1, 0.15) is 25.8 Å². The Morgan fingerprint density at radius 2 is 2.17 bits per heavy atom. The van der Waals surface area contributed by atoms with Gasteiger partial charge in [-0.3, -0.25) is 4.79 Å². The Morgan fingerprint density at radius 3 is 2.72 bits per heavy atom. The molecule has 1 heterocycles. The topological polar surface area (TPSA) is 40.5 Å². The molecule has 0 aliphatic carbocycles. The normalized spacial score (nSPS) is 22.6. The maximum atomic E-state index is 12.2. The van der Waals surface area contributed by atoms with E-state index >= 15 is 0 Å². The van der Waals surface area contributed by atoms with Crippen LogP contribution in [0.3, 0.4) is 0 Å². The highest BCUT2D eigenvalue weighted by Gasteiger charge is 2.46. The second kappa shape index (κ2) is 4.56. The monoisotopic (exact) mass is 267 g/mol. The van der Waals surface area contributed by atoms with Gasteiger partial charge >= 0.3 is 0 Å². The zero-order chi connectivity index (χ0) is 13.5. The smallest absolute Gasteiger partial charge is 0.227 e. The molecule has 4 heteroatoms. The number of aliphatic hydroxyl groups excluding tert-OH is 1. The van der Waals surface area contributed by atoms with Gasteiger partial charge in [0.05, 0.1) is 0 Å². The molecule has 1 unspecified atom stereocenters. The Bertz CT molecular complexity index is 485. The van der Waals surface area contributed by atoms with Gasteiger partial charge in [-0.2, -0.15) is 0 Å². The van der Waals surface area contributed by atoms with Gasteiger partial charge in [-0.05, 0) is 38.5 Å². The Morgan fingerprint density at radius 1 is 1.50 bits per heavy atom. The predicted octanol–water partition coefficient (Wildman–Crippen LogP) is 2.77. The second-order valence-corrected chi connectivity index (χ2v) is 5.76. The Kier molecular flexibility index (Phi) is 3.39. The average Bonchev–Trinajstić information content (AvgIpc) is 2.53. The maximum absolute atomic E-state index is 12.2. The summed E-state index contributed by atoms with van der Waals surface area (Å²) >= 11 is 6.12. The Hall–Kier alpha value is -1.06. The van der Waals surface area contributed by atoms with Gasteiger partial charge in [0.2, 0.25) is 5.91 Å². The van der Waals surface area contributed by atoms with Crippen molar-refractivity contribution in [2.75, 3.05) is 11.5 Å². The first-order chi connectivity index (χ1) is 8.39. The number of nitrogens with zero attached hydrogens (tertiary/aromatic N) is 1. The molecule has 2 rings (SSSR count). The lowest BCUT2D eigenvalue weighted by molar-refractivity contribution is -0.117. The molecule has 1 N–H and O–H groups in total. The summed E-state index contributed by atoms with van der Waals surface area (Å²) in [6.45, 7) is 5.90. The molecule has 1 aliphatic rings. The van der Waals surface area contributed by atoms with Crippen LogP contribution in [0.15, 0.2) is 18.2 Å². The molecule has 1 aliphatic heterocycles. The lowest BCUT2D eigenvalue weighted by Crippen LogP contribution is -2.45. The molecule has 0 saturated carbocycles. The quantitative estimate of drug-likeness (QED) is 0.895. The first-order valence-corrected chi connectivity index (χ1v) is 6.46. The number of rotatable bonds is 2. The van der Waals surface area contributed by atoms with Crippen LogP contribution in [-0.2, 0) is 4.79 Å². The second-order valence-electron chi connectivity index (χ2n) is 5.35. The molecule has 0 bridgehead atoms. The number of benzene rings is 1. The van der Waals surface area contributed by atoms with E-state index in [9.17, 15) is 9.90 Å². The van der Waals surface area contributed by atoms with E-state index in [0.717, 1.165) is 11.3 Å². The molecule has 3 nitrogen and oxygen atoms in total. The van der Waals surface area contributed by atoms with Crippen LogP contribution in [0.5, 0.6) is 0 Å². The number of carbonyl (C=O) groups excluding carboxylic acids is 1. The van der Waals surface area contributed by atoms with Gasteiger partial charge in [0.15, 0.2) is 0 Å². The number of hydrogen-bond acceptors (Lipinski definition) is 2. The summed E-state index contributed by atoms with van der Waals surface area (Å²) in [6.07, 6.45) is 0.384. The van der Waals surface area contributed by atoms with E-state index in [0.29, 0.717) is 11.4 Å². The fraction of sp³-hybridized carbons (Fsp3) is 0.500. The first-order valence-electron chi connectivity index (χ1n) is 6.08. The van der Waals surface area contributed by atoms with E-state index in [4.69, 9.17) is 11.6 Å². The molecule has 1 saturated heterocycles. The van der Waals surface area contributed by atoms with Gasteiger partial charge in [-0.1, -0.05) is 17.7 Å². The number of halogens is 1. The summed E-state index contributed by atoms with van der Waals surface area (Å²) in [7, 11) is 0. The molecule has 1 fully saturated rings. The van der Waals surface area contributed by atoms with Crippen LogP contribution in [0.25, 0.3) is 0 Å². The highest BCUT2D eigenvalue weighted by atomic mass is 35.5. The Balaban J connectivity index is 2.50. The van der Waals surface area contributed by atoms with Crippen molar-refractivity contribution in [3.63, 3.8) is 0 Å². The van der Waals surface area contributed by atoms with Crippen molar-refractivity contribution in [3.8, 4) is 0 Å². The minimum Gasteiger partial charge on any atom is -0.396 e. The van der Waals surface area contributed by atoms with Crippen molar-refractivity contribution >= 4 is 23.2 Å². The van der Waals surface area contributed by atoms with Crippen molar-refractivity contribution in [2.24, 2.45) is 5.92 Å². The van der Waals surface area contributed by atoms with Gasteiger partial charge in [0.25, 0.3) is 0 Å². The molecular weight excluding hydrogens is 250 g/mol. The molecule has 1 aromatic carbocycles. The SMILES string of the molecule is Cc1c(Cl)cccc1N1C(=O)CC(CO)C1(C)C. The summed E-state index contributed by atoms with van der Waals surface area (Å²) < 4.78 is 0. The first kappa shape index (κ1) is 13.4. The van der Waals surface area contributed by atoms with Crippen molar-refractivity contribution < 1.29 is 9.90 Å². The number of aliphatic hydroxyl groups is 1. The van der Waals surface area contributed by atoms with Crippen LogP contribution >= 0.6 is 11.6 Å². The van der Waals surface area contributed by atoms with Crippen molar-refractivity contribution in [1.29, 1.82) is 0 Å². The Labute approximate surface area is 112 Å². The highest BCUT2D eigenvalue weighted by Crippen LogP contribution is 2.41. The van der Waals surface area contributed by atoms with E-state index in [1.54, 1.807) is 4.90 Å². The highest BCUT2D eigenvalue weighted by molar-refractivity contribution is 6.31. The van der Waals surface area contributed by atoms with Crippen LogP contribution in [-0.4, -0.2) is 23.2 Å². The maximum Gasteiger partial charge on any atom is 0.227 e. The largest absolute Gasteiger partial charge is 0.396 e. The zero-order valence-electron chi connectivity index (χ0n) is 10.9. The molecule has 0 radical (unpaired) electrons. The summed E-state index contributed by atoms with van der Waals surface area (Å²) in [5, 5.41) is 10.1. The lowest BCUT2D eigenvalue weighted by atomic mass is 9.89. The number of anilines is 1. The standard InChI is InChI=1S/C14H18ClNO2/c1-9-11(15)5-4-6-12(9)16-13(18)7-10(8-17)14(16,2)3/h4-6,10,17H,7-8H2,1-3H3. The van der Waals surface area contributed by atoms with Gasteiger partial charge in [0, 0.05) is 35.2 Å². The third-order valence-electron chi connectivity index (χ3n) is 3.95. The molecule has 98 valence electrons. The van der Waals surface area contributed by atoms with Crippen molar-refractivity contribution in [1.82, 2.24) is 0 Å². The van der Waals surface area contributed by atoms with Gasteiger partial charge < -0.3 is 10.0 Å². The zero-order valence-corrected chi connectivity index (χ0v) is 11.7. The summed E-state index contributed by atoms with van der Waals surface area (Å²) in [5.74, 6) is 0.00722. The van der Waals surface area contributed by atoms with E-state index in [1.165, 1.54) is 0 Å². The van der Waals surface area contributed by atoms with Gasteiger partial charge in [-0.15, -0.1) is 0 Å². The molecule has 1 aromatic rings. The van der Waals surface area contributed by atoms with Crippen molar-refractivity contribution in [2.45, 2.75) is 32.7 Å². The molecule has 1 amide bonds. The average molecular weight is 268 g/mol. The third-order valence-corrected chi connectivity index (χ3v) is 4.36. The number of amides is 1. The third kappa shape index (κ3) is 1.91. The summed E-state index contributed by atoms with van der Waals surface area (Å²) in [5.41, 5.74) is 1.36. The molecular formula is C14H18ClNO2. The minimum absolute atomic E-state index is 0.0227. The van der Waals surface area contributed by atoms with E-state index in [-0.39, 0.29) is 24.0 Å². The molecule has 0 aromatic heterocycles. The van der Waals surface area contributed by atoms with Crippen LogP contribution < -0.4 is 4.90 Å². The van der Waals surface area contributed by atoms with Crippen molar-refractivity contribution in [3.05, 3.63) is 28.8 Å². The van der Waals surface area contributed by atoms with Gasteiger partial charge in [0.1, 0.15) is 0 Å². The molecule has 18 heavy (non-hydrogen) atoms. The minimum atomic E-state index is -0.388. The van der Waals surface area contributed by atoms with Gasteiger partial charge in [-0.25, -0.2) is 0 Å². The molecule has 0 spiro atoms. The van der Waals surface area contributed by atoms with Crippen LogP contribution in [0.2, 0.25) is 5.02 Å². The fourth-order valence-electron chi connectivity index (χ4n) is 2.63. The van der Waals surface area contributed by atoms with E-state index in [2.05, 4.69) is 0 Å². The summed E-state index contributed by atoms with van der Waals surface area (Å²) in [4.78, 5) is 14.0. The number of carbonyl (C=O) groups is 1. The number of hydrogen-bond donors (Lipinski definition) is 1. The fourth-order valence-corrected chi connectivity index (χ4v) is 2.80. The molecule has 1 atom stereocenters. The van der Waals surface area contributed by atoms with E-state index in [1.807, 2.05) is 39.0 Å². The van der Waals surface area contributed by atoms with E-state index < -0.39 is 0 Å². The van der Waals surface area contributed by atoms with Crippen LogP contribution in [0.4, 0.5) is 5.69 Å². The lowest BCUT2D eigenvalue weighted by Gasteiger charge is -2.36. The summed E-state index contributed by atoms with van der Waals surface area (Å²) in [6, 6.07) is 5.57. The predicted molar refractivity (Wildman–Crippen MR) is 72.9 cm³/mol. The van der Waals surface area contributed by atoms with Crippen LogP contribution in [0, 0.1) is 12.8 Å².